The van der Waals surface area contributed by atoms with Crippen LogP contribution < -0.4 is 5.32 Å². The van der Waals surface area contributed by atoms with Crippen molar-refractivity contribution in [3.8, 4) is 0 Å². The molecule has 2 aliphatic rings. The average Bonchev–Trinajstić information content (AvgIpc) is 3.14. The summed E-state index contributed by atoms with van der Waals surface area (Å²) >= 11 is 1.29. The molecule has 6 nitrogen and oxygen atoms in total. The van der Waals surface area contributed by atoms with E-state index < -0.39 is 10.0 Å². The Morgan fingerprint density at radius 2 is 1.93 bits per heavy atom. The van der Waals surface area contributed by atoms with Gasteiger partial charge in [0, 0.05) is 43.6 Å². The molecule has 1 atom stereocenters. The standard InChI is InChI=1S/C21H33N3O3S2/c1-16(2)8-12-23-13-9-19(10-14-23)22-21(25)18-5-4-11-24(15-18)29(26,27)20-7-6-17(3)28-20/h6-8,18-19H,4-5,9-15H2,1-3H3,(H,22,25). The van der Waals surface area contributed by atoms with Gasteiger partial charge in [0.05, 0.1) is 5.92 Å². The number of nitrogens with one attached hydrogen (secondary N) is 1. The van der Waals surface area contributed by atoms with E-state index in [4.69, 9.17) is 0 Å². The summed E-state index contributed by atoms with van der Waals surface area (Å²) in [5, 5.41) is 3.19. The van der Waals surface area contributed by atoms with Crippen LogP contribution in [0.15, 0.2) is 28.0 Å². The van der Waals surface area contributed by atoms with Gasteiger partial charge in [-0.1, -0.05) is 11.6 Å². The Kier molecular flexibility index (Phi) is 7.53. The van der Waals surface area contributed by atoms with Gasteiger partial charge < -0.3 is 5.32 Å². The number of carbonyl (C=O) groups excluding carboxylic acids is 1. The molecule has 1 unspecified atom stereocenters. The molecule has 162 valence electrons. The van der Waals surface area contributed by atoms with E-state index in [0.717, 1.165) is 50.2 Å². The van der Waals surface area contributed by atoms with Crippen molar-refractivity contribution in [1.29, 1.82) is 0 Å². The first-order chi connectivity index (χ1) is 13.8. The highest BCUT2D eigenvalue weighted by molar-refractivity contribution is 7.91. The molecule has 8 heteroatoms. The fourth-order valence-corrected chi connectivity index (χ4v) is 6.90. The maximum Gasteiger partial charge on any atom is 0.252 e. The third kappa shape index (κ3) is 5.90. The lowest BCUT2D eigenvalue weighted by Gasteiger charge is -2.34. The number of carbonyl (C=O) groups is 1. The average molecular weight is 440 g/mol. The minimum absolute atomic E-state index is 0.00927. The van der Waals surface area contributed by atoms with Crippen molar-refractivity contribution in [3.05, 3.63) is 28.7 Å². The number of rotatable bonds is 6. The van der Waals surface area contributed by atoms with E-state index in [1.165, 1.54) is 21.2 Å². The van der Waals surface area contributed by atoms with Crippen LogP contribution in [0.5, 0.6) is 0 Å². The van der Waals surface area contributed by atoms with Gasteiger partial charge in [-0.05, 0) is 58.6 Å². The van der Waals surface area contributed by atoms with E-state index >= 15 is 0 Å². The molecule has 0 spiro atoms. The quantitative estimate of drug-likeness (QED) is 0.692. The monoisotopic (exact) mass is 439 g/mol. The number of hydrogen-bond donors (Lipinski definition) is 1. The van der Waals surface area contributed by atoms with Crippen molar-refractivity contribution in [2.75, 3.05) is 32.7 Å². The molecule has 2 fully saturated rings. The first-order valence-corrected chi connectivity index (χ1v) is 12.7. The van der Waals surface area contributed by atoms with Crippen LogP contribution in [0, 0.1) is 12.8 Å². The van der Waals surface area contributed by atoms with E-state index in [-0.39, 0.29) is 24.4 Å². The predicted molar refractivity (Wildman–Crippen MR) is 118 cm³/mol. The smallest absolute Gasteiger partial charge is 0.252 e. The third-order valence-corrected chi connectivity index (χ3v) is 9.09. The van der Waals surface area contributed by atoms with Gasteiger partial charge in [-0.25, -0.2) is 8.42 Å². The fraction of sp³-hybridized carbons (Fsp3) is 0.667. The highest BCUT2D eigenvalue weighted by Crippen LogP contribution is 2.28. The molecule has 0 bridgehead atoms. The zero-order chi connectivity index (χ0) is 21.0. The van der Waals surface area contributed by atoms with E-state index in [1.54, 1.807) is 6.07 Å². The summed E-state index contributed by atoms with van der Waals surface area (Å²) in [5.74, 6) is -0.252. The number of aryl methyl sites for hydroxylation is 1. The lowest BCUT2D eigenvalue weighted by molar-refractivity contribution is -0.127. The summed E-state index contributed by atoms with van der Waals surface area (Å²) in [7, 11) is -3.50. The molecule has 1 N–H and O–H groups in total. The van der Waals surface area contributed by atoms with Gasteiger partial charge in [0.1, 0.15) is 4.21 Å². The summed E-state index contributed by atoms with van der Waals surface area (Å²) < 4.78 is 27.7. The molecule has 3 heterocycles. The lowest BCUT2D eigenvalue weighted by atomic mass is 9.97. The first kappa shape index (κ1) is 22.5. The van der Waals surface area contributed by atoms with Gasteiger partial charge in [0.2, 0.25) is 5.91 Å². The Morgan fingerprint density at radius 3 is 2.55 bits per heavy atom. The zero-order valence-corrected chi connectivity index (χ0v) is 19.3. The number of sulfonamides is 1. The Bertz CT molecular complexity index is 835. The van der Waals surface area contributed by atoms with Crippen LogP contribution in [-0.4, -0.2) is 62.3 Å². The van der Waals surface area contributed by atoms with Gasteiger partial charge in [-0.3, -0.25) is 9.69 Å². The number of amides is 1. The van der Waals surface area contributed by atoms with Crippen molar-refractivity contribution in [2.24, 2.45) is 5.92 Å². The molecule has 1 aromatic heterocycles. The second-order valence-corrected chi connectivity index (χ2v) is 11.9. The SMILES string of the molecule is CC(C)=CCN1CCC(NC(=O)C2CCCN(S(=O)(=O)c3ccc(C)s3)C2)CC1. The summed E-state index contributed by atoms with van der Waals surface area (Å²) in [4.78, 5) is 16.2. The summed E-state index contributed by atoms with van der Waals surface area (Å²) in [5.41, 5.74) is 1.33. The predicted octanol–water partition coefficient (Wildman–Crippen LogP) is 3.00. The molecule has 2 aliphatic heterocycles. The van der Waals surface area contributed by atoms with Gasteiger partial charge >= 0.3 is 0 Å². The molecule has 0 saturated carbocycles. The summed E-state index contributed by atoms with van der Waals surface area (Å²) in [6.07, 6.45) is 5.62. The molecular formula is C21H33N3O3S2. The zero-order valence-electron chi connectivity index (χ0n) is 17.7. The minimum atomic E-state index is -3.50. The normalized spacial score (nSPS) is 22.4. The summed E-state index contributed by atoms with van der Waals surface area (Å²) in [6.45, 7) is 9.84. The number of likely N-dealkylation sites (tertiary alicyclic amines) is 1. The number of thiophene rings is 1. The van der Waals surface area contributed by atoms with Crippen LogP contribution in [0.2, 0.25) is 0 Å². The van der Waals surface area contributed by atoms with Crippen molar-refractivity contribution in [2.45, 2.75) is 56.7 Å². The Balaban J connectivity index is 1.52. The third-order valence-electron chi connectivity index (χ3n) is 5.76. The number of allylic oxidation sites excluding steroid dienone is 1. The number of hydrogen-bond acceptors (Lipinski definition) is 5. The first-order valence-electron chi connectivity index (χ1n) is 10.5. The Labute approximate surface area is 179 Å². The second kappa shape index (κ2) is 9.73. The summed E-state index contributed by atoms with van der Waals surface area (Å²) in [6, 6.07) is 3.69. The van der Waals surface area contributed by atoms with Crippen molar-refractivity contribution in [1.82, 2.24) is 14.5 Å². The van der Waals surface area contributed by atoms with Crippen LogP contribution >= 0.6 is 11.3 Å². The van der Waals surface area contributed by atoms with Crippen molar-refractivity contribution < 1.29 is 13.2 Å². The van der Waals surface area contributed by atoms with E-state index in [9.17, 15) is 13.2 Å². The molecule has 3 rings (SSSR count). The van der Waals surface area contributed by atoms with Crippen LogP contribution in [0.4, 0.5) is 0 Å². The highest BCUT2D eigenvalue weighted by atomic mass is 32.2. The number of nitrogens with zero attached hydrogens (tertiary/aromatic N) is 2. The molecule has 1 amide bonds. The van der Waals surface area contributed by atoms with Crippen molar-refractivity contribution >= 4 is 27.3 Å². The van der Waals surface area contributed by atoms with Gasteiger partial charge in [0.25, 0.3) is 10.0 Å². The van der Waals surface area contributed by atoms with Crippen LogP contribution in [0.3, 0.4) is 0 Å². The van der Waals surface area contributed by atoms with Gasteiger partial charge in [-0.2, -0.15) is 4.31 Å². The maximum absolute atomic E-state index is 12.9. The Hall–Kier alpha value is -1.22. The number of piperidine rings is 2. The maximum atomic E-state index is 12.9. The van der Waals surface area contributed by atoms with Crippen LogP contribution in [0.25, 0.3) is 0 Å². The van der Waals surface area contributed by atoms with E-state index in [2.05, 4.69) is 30.1 Å². The molecule has 29 heavy (non-hydrogen) atoms. The minimum Gasteiger partial charge on any atom is -0.353 e. The molecule has 0 aromatic carbocycles. The fourth-order valence-electron chi connectivity index (χ4n) is 3.94. The highest BCUT2D eigenvalue weighted by Gasteiger charge is 2.34. The molecule has 0 aliphatic carbocycles. The topological polar surface area (TPSA) is 69.7 Å². The van der Waals surface area contributed by atoms with E-state index in [1.807, 2.05) is 13.0 Å². The Morgan fingerprint density at radius 1 is 1.21 bits per heavy atom. The van der Waals surface area contributed by atoms with Crippen molar-refractivity contribution in [3.63, 3.8) is 0 Å². The molecular weight excluding hydrogens is 406 g/mol. The second-order valence-electron chi connectivity index (χ2n) is 8.43. The van der Waals surface area contributed by atoms with E-state index in [0.29, 0.717) is 10.8 Å². The largest absolute Gasteiger partial charge is 0.353 e. The van der Waals surface area contributed by atoms with Gasteiger partial charge in [-0.15, -0.1) is 11.3 Å². The molecule has 1 aromatic rings. The van der Waals surface area contributed by atoms with Gasteiger partial charge in [0.15, 0.2) is 0 Å². The molecule has 0 radical (unpaired) electrons. The van der Waals surface area contributed by atoms with Crippen LogP contribution in [0.1, 0.15) is 44.4 Å². The molecule has 2 saturated heterocycles. The van der Waals surface area contributed by atoms with Crippen LogP contribution in [-0.2, 0) is 14.8 Å². The lowest BCUT2D eigenvalue weighted by Crippen LogP contribution is -2.50.